The van der Waals surface area contributed by atoms with Crippen molar-refractivity contribution in [2.24, 2.45) is 5.73 Å². The molecule has 0 bridgehead atoms. The number of nitrogens with one attached hydrogen (secondary N) is 2. The van der Waals surface area contributed by atoms with Crippen molar-refractivity contribution in [3.05, 3.63) is 53.0 Å². The molecule has 0 aliphatic carbocycles. The lowest BCUT2D eigenvalue weighted by molar-refractivity contribution is -0.153. The van der Waals surface area contributed by atoms with Crippen LogP contribution < -0.4 is 16.4 Å². The van der Waals surface area contributed by atoms with Crippen molar-refractivity contribution >= 4 is 40.9 Å². The van der Waals surface area contributed by atoms with Gasteiger partial charge in [-0.25, -0.2) is 19.2 Å². The Morgan fingerprint density at radius 1 is 1.19 bits per heavy atom. The molecule has 0 aliphatic rings. The van der Waals surface area contributed by atoms with Gasteiger partial charge in [0.25, 0.3) is 11.8 Å². The zero-order chi connectivity index (χ0) is 27.3. The number of benzene rings is 1. The van der Waals surface area contributed by atoms with Crippen molar-refractivity contribution in [1.82, 2.24) is 24.8 Å². The molecule has 0 radical (unpaired) electrons. The van der Waals surface area contributed by atoms with Gasteiger partial charge in [0.1, 0.15) is 17.9 Å². The molecule has 2 heterocycles. The number of aryl methyl sites for hydroxylation is 2. The Balaban J connectivity index is 1.81. The highest BCUT2D eigenvalue weighted by atomic mass is 16.7. The maximum absolute atomic E-state index is 12.9. The number of hydrogen-bond acceptors (Lipinski definition) is 10. The molecule has 0 saturated carbocycles. The Bertz CT molecular complexity index is 1350. The minimum atomic E-state index is -1.00. The Kier molecular flexibility index (Phi) is 8.40. The first kappa shape index (κ1) is 27.1. The first-order chi connectivity index (χ1) is 17.5. The topological polar surface area (TPSA) is 170 Å². The number of rotatable bonds is 8. The Labute approximate surface area is 212 Å². The molecule has 37 heavy (non-hydrogen) atoms. The molecule has 2 aromatic heterocycles. The lowest BCUT2D eigenvalue weighted by atomic mass is 10.1. The Morgan fingerprint density at radius 2 is 1.92 bits per heavy atom. The summed E-state index contributed by atoms with van der Waals surface area (Å²) in [6.07, 6.45) is 1.97. The van der Waals surface area contributed by atoms with Gasteiger partial charge in [-0.15, -0.1) is 0 Å². The van der Waals surface area contributed by atoms with E-state index in [2.05, 4.69) is 20.7 Å². The monoisotopic (exact) mass is 511 g/mol. The van der Waals surface area contributed by atoms with Gasteiger partial charge in [0.15, 0.2) is 5.82 Å². The average Bonchev–Trinajstić information content (AvgIpc) is 3.21. The molecule has 4 N–H and O–H groups in total. The predicted molar refractivity (Wildman–Crippen MR) is 133 cm³/mol. The second-order valence-electron chi connectivity index (χ2n) is 8.23. The minimum absolute atomic E-state index is 0.195. The quantitative estimate of drug-likeness (QED) is 0.300. The molecule has 3 amide bonds. The molecule has 0 aliphatic heterocycles. The summed E-state index contributed by atoms with van der Waals surface area (Å²) in [5.41, 5.74) is 8.68. The number of carbonyl (C=O) groups excluding carboxylic acids is 4. The van der Waals surface area contributed by atoms with Crippen LogP contribution in [0, 0.1) is 13.8 Å². The van der Waals surface area contributed by atoms with E-state index in [0.29, 0.717) is 34.7 Å². The summed E-state index contributed by atoms with van der Waals surface area (Å²) in [7, 11) is 1.24. The molecule has 3 rings (SSSR count). The predicted octanol–water partition coefficient (Wildman–Crippen LogP) is 1.90. The van der Waals surface area contributed by atoms with E-state index in [-0.39, 0.29) is 11.5 Å². The molecule has 1 unspecified atom stereocenters. The largest absolute Gasteiger partial charge is 0.427 e. The van der Waals surface area contributed by atoms with Crippen molar-refractivity contribution in [3.8, 4) is 0 Å². The van der Waals surface area contributed by atoms with Crippen LogP contribution >= 0.6 is 0 Å². The smallest absolute Gasteiger partial charge is 0.419 e. The van der Waals surface area contributed by atoms with Gasteiger partial charge < -0.3 is 25.8 Å². The van der Waals surface area contributed by atoms with Crippen LogP contribution in [0.15, 0.2) is 30.7 Å². The maximum Gasteiger partial charge on any atom is 0.419 e. The van der Waals surface area contributed by atoms with E-state index < -0.39 is 30.8 Å². The van der Waals surface area contributed by atoms with Gasteiger partial charge >= 0.3 is 12.1 Å². The number of nitrogens with two attached hydrogens (primary N) is 1. The van der Waals surface area contributed by atoms with Crippen LogP contribution in [0.2, 0.25) is 0 Å². The van der Waals surface area contributed by atoms with E-state index in [0.717, 1.165) is 10.5 Å². The number of hydrogen-bond donors (Lipinski definition) is 3. The van der Waals surface area contributed by atoms with E-state index in [9.17, 15) is 19.2 Å². The summed E-state index contributed by atoms with van der Waals surface area (Å²) in [6, 6.07) is 3.97. The molecule has 3 aromatic rings. The van der Waals surface area contributed by atoms with Gasteiger partial charge in [-0.1, -0.05) is 6.07 Å². The molecule has 0 spiro atoms. The molecular weight excluding hydrogens is 482 g/mol. The number of fused-ring (bicyclic) bond motifs is 1. The van der Waals surface area contributed by atoms with E-state index >= 15 is 0 Å². The zero-order valence-corrected chi connectivity index (χ0v) is 21.2. The maximum atomic E-state index is 12.9. The average molecular weight is 512 g/mol. The van der Waals surface area contributed by atoms with Crippen LogP contribution in [-0.2, 0) is 14.3 Å². The minimum Gasteiger partial charge on any atom is -0.427 e. The van der Waals surface area contributed by atoms with Gasteiger partial charge in [0.05, 0.1) is 5.56 Å². The van der Waals surface area contributed by atoms with E-state index in [4.69, 9.17) is 15.2 Å². The van der Waals surface area contributed by atoms with Crippen LogP contribution in [0.25, 0.3) is 5.52 Å². The third kappa shape index (κ3) is 6.01. The first-order valence-corrected chi connectivity index (χ1v) is 11.4. The number of ether oxygens (including phenoxy) is 2. The van der Waals surface area contributed by atoms with Crippen LogP contribution in [0.5, 0.6) is 0 Å². The summed E-state index contributed by atoms with van der Waals surface area (Å²) in [4.78, 5) is 54.0. The lowest BCUT2D eigenvalue weighted by Gasteiger charge is -2.17. The molecule has 0 fully saturated rings. The standard InChI is InChI=1S/C24H29N7O6/c1-6-26-21(32)17-10-31-19(14(17)3)20(27-11-28-31)29-18-9-16(8-7-13(18)2)22(33)30(5)24(35)37-12-36-23(34)15(4)25/h7-11,15H,6,12,25H2,1-5H3,(H,26,32)(H,27,28,29). The highest BCUT2D eigenvalue weighted by molar-refractivity contribution is 6.03. The van der Waals surface area contributed by atoms with Crippen molar-refractivity contribution in [2.45, 2.75) is 33.7 Å². The molecular formula is C24H29N7O6. The van der Waals surface area contributed by atoms with Crippen molar-refractivity contribution in [3.63, 3.8) is 0 Å². The molecule has 1 atom stereocenters. The van der Waals surface area contributed by atoms with Crippen LogP contribution in [0.1, 0.15) is 45.7 Å². The number of esters is 1. The van der Waals surface area contributed by atoms with Crippen molar-refractivity contribution in [1.29, 1.82) is 0 Å². The SMILES string of the molecule is CCNC(=O)c1cn2ncnc(Nc3cc(C(=O)N(C)C(=O)OCOC(=O)C(C)N)ccc3C)c2c1C. The number of amides is 3. The summed E-state index contributed by atoms with van der Waals surface area (Å²) in [6.45, 7) is 6.71. The number of nitrogens with zero attached hydrogens (tertiary/aromatic N) is 4. The highest BCUT2D eigenvalue weighted by Gasteiger charge is 2.22. The van der Waals surface area contributed by atoms with Crippen molar-refractivity contribution < 1.29 is 28.7 Å². The fourth-order valence-electron chi connectivity index (χ4n) is 3.40. The summed E-state index contributed by atoms with van der Waals surface area (Å²) < 4.78 is 11.1. The number of carbonyl (C=O) groups is 4. The van der Waals surface area contributed by atoms with Gasteiger partial charge in [0.2, 0.25) is 6.79 Å². The highest BCUT2D eigenvalue weighted by Crippen LogP contribution is 2.27. The van der Waals surface area contributed by atoms with E-state index in [1.165, 1.54) is 20.3 Å². The van der Waals surface area contributed by atoms with Crippen LogP contribution in [0.3, 0.4) is 0 Å². The molecule has 0 saturated heterocycles. The van der Waals surface area contributed by atoms with Gasteiger partial charge in [0, 0.05) is 31.0 Å². The Hall–Kier alpha value is -4.52. The molecule has 196 valence electrons. The van der Waals surface area contributed by atoms with Gasteiger partial charge in [-0.05, 0) is 51.0 Å². The lowest BCUT2D eigenvalue weighted by Crippen LogP contribution is -2.35. The molecule has 13 heteroatoms. The summed E-state index contributed by atoms with van der Waals surface area (Å²) in [5.74, 6) is -1.18. The van der Waals surface area contributed by atoms with Gasteiger partial charge in [-0.2, -0.15) is 5.10 Å². The van der Waals surface area contributed by atoms with Crippen LogP contribution in [-0.4, -0.2) is 69.8 Å². The second-order valence-corrected chi connectivity index (χ2v) is 8.23. The normalized spacial score (nSPS) is 11.5. The first-order valence-electron chi connectivity index (χ1n) is 11.4. The summed E-state index contributed by atoms with van der Waals surface area (Å²) in [5, 5.41) is 10.2. The summed E-state index contributed by atoms with van der Waals surface area (Å²) >= 11 is 0. The second kappa shape index (κ2) is 11.5. The third-order valence-corrected chi connectivity index (χ3v) is 5.48. The van der Waals surface area contributed by atoms with Gasteiger partial charge in [-0.3, -0.25) is 14.4 Å². The number of imide groups is 1. The molecule has 13 nitrogen and oxygen atoms in total. The van der Waals surface area contributed by atoms with Crippen LogP contribution in [0.4, 0.5) is 16.3 Å². The van der Waals surface area contributed by atoms with E-state index in [1.54, 1.807) is 35.8 Å². The fourth-order valence-corrected chi connectivity index (χ4v) is 3.40. The van der Waals surface area contributed by atoms with E-state index in [1.807, 2.05) is 13.8 Å². The zero-order valence-electron chi connectivity index (χ0n) is 21.2. The van der Waals surface area contributed by atoms with Crippen molar-refractivity contribution in [2.75, 3.05) is 25.7 Å². The fraction of sp³-hybridized carbons (Fsp3) is 0.333. The number of anilines is 2. The third-order valence-electron chi connectivity index (χ3n) is 5.48. The molecule has 1 aromatic carbocycles. The number of aromatic nitrogens is 3. The Morgan fingerprint density at radius 3 is 2.59 bits per heavy atom.